The van der Waals surface area contributed by atoms with Crippen LogP contribution in [0.3, 0.4) is 0 Å². The quantitative estimate of drug-likeness (QED) is 0.657. The van der Waals surface area contributed by atoms with Crippen LogP contribution in [0.2, 0.25) is 5.02 Å². The molecule has 1 unspecified atom stereocenters. The van der Waals surface area contributed by atoms with Gasteiger partial charge in [-0.1, -0.05) is 17.7 Å². The second kappa shape index (κ2) is 5.19. The normalized spacial score (nSPS) is 12.5. The Hall–Kier alpha value is -1.59. The predicted molar refractivity (Wildman–Crippen MR) is 63.8 cm³/mol. The Balaban J connectivity index is 2.46. The molecular weight excluding hydrogens is 282 g/mol. The van der Waals surface area contributed by atoms with Crippen molar-refractivity contribution in [3.63, 3.8) is 0 Å². The summed E-state index contributed by atoms with van der Waals surface area (Å²) in [6.45, 7) is 0. The van der Waals surface area contributed by atoms with Crippen molar-refractivity contribution in [2.24, 2.45) is 5.73 Å². The van der Waals surface area contributed by atoms with Crippen molar-refractivity contribution in [1.82, 2.24) is 0 Å². The lowest BCUT2D eigenvalue weighted by atomic mass is 9.99. The summed E-state index contributed by atoms with van der Waals surface area (Å²) >= 11 is 5.76. The van der Waals surface area contributed by atoms with Crippen molar-refractivity contribution in [3.05, 3.63) is 69.8 Å². The van der Waals surface area contributed by atoms with E-state index in [0.29, 0.717) is 0 Å². The fourth-order valence-corrected chi connectivity index (χ4v) is 1.93. The minimum atomic E-state index is -1.11. The molecular formula is C13H8ClF4N. The van der Waals surface area contributed by atoms with E-state index in [1.807, 2.05) is 0 Å². The molecule has 1 atom stereocenters. The minimum absolute atomic E-state index is 0.0869. The van der Waals surface area contributed by atoms with Gasteiger partial charge in [0.25, 0.3) is 0 Å². The van der Waals surface area contributed by atoms with Gasteiger partial charge in [-0.25, -0.2) is 17.6 Å². The molecule has 0 spiro atoms. The zero-order valence-corrected chi connectivity index (χ0v) is 10.2. The van der Waals surface area contributed by atoms with Gasteiger partial charge < -0.3 is 5.73 Å². The highest BCUT2D eigenvalue weighted by Gasteiger charge is 2.17. The number of nitrogens with two attached hydrogens (primary N) is 1. The van der Waals surface area contributed by atoms with Crippen LogP contribution in [-0.4, -0.2) is 0 Å². The molecule has 0 aliphatic heterocycles. The van der Waals surface area contributed by atoms with Crippen molar-refractivity contribution < 1.29 is 17.6 Å². The molecule has 0 saturated carbocycles. The Morgan fingerprint density at radius 1 is 0.842 bits per heavy atom. The van der Waals surface area contributed by atoms with Gasteiger partial charge in [-0.05, 0) is 35.4 Å². The summed E-state index contributed by atoms with van der Waals surface area (Å²) in [6, 6.07) is 3.67. The summed E-state index contributed by atoms with van der Waals surface area (Å²) in [5.74, 6) is -4.32. The Morgan fingerprint density at radius 2 is 1.42 bits per heavy atom. The summed E-state index contributed by atoms with van der Waals surface area (Å²) in [6.07, 6.45) is 0. The van der Waals surface area contributed by atoms with Gasteiger partial charge >= 0.3 is 0 Å². The molecule has 6 heteroatoms. The molecule has 0 aliphatic rings. The van der Waals surface area contributed by atoms with Crippen LogP contribution in [0.4, 0.5) is 17.6 Å². The summed E-state index contributed by atoms with van der Waals surface area (Å²) < 4.78 is 52.0. The third-order valence-electron chi connectivity index (χ3n) is 2.68. The summed E-state index contributed by atoms with van der Waals surface area (Å²) in [5.41, 5.74) is 6.08. The molecule has 0 bridgehead atoms. The molecule has 0 saturated heterocycles. The molecule has 0 radical (unpaired) electrons. The maximum Gasteiger partial charge on any atom is 0.160 e. The Labute approximate surface area is 111 Å². The van der Waals surface area contributed by atoms with Crippen LogP contribution in [0.5, 0.6) is 0 Å². The molecule has 0 heterocycles. The van der Waals surface area contributed by atoms with E-state index in [0.717, 1.165) is 24.3 Å². The first kappa shape index (κ1) is 13.8. The molecule has 0 aliphatic carbocycles. The van der Waals surface area contributed by atoms with Gasteiger partial charge in [0.15, 0.2) is 23.3 Å². The van der Waals surface area contributed by atoms with Gasteiger partial charge in [0.05, 0.1) is 6.04 Å². The molecule has 1 nitrogen and oxygen atoms in total. The second-order valence-corrected chi connectivity index (χ2v) is 4.35. The largest absolute Gasteiger partial charge is 0.320 e. The maximum atomic E-state index is 13.2. The van der Waals surface area contributed by atoms with Crippen LogP contribution >= 0.6 is 11.6 Å². The van der Waals surface area contributed by atoms with Gasteiger partial charge in [0, 0.05) is 5.02 Å². The topological polar surface area (TPSA) is 26.0 Å². The molecule has 2 N–H and O–H groups in total. The number of rotatable bonds is 2. The third kappa shape index (κ3) is 2.72. The number of benzene rings is 2. The summed E-state index contributed by atoms with van der Waals surface area (Å²) in [7, 11) is 0. The standard InChI is InChI=1S/C13H8ClF4N/c14-8-5-12(18)11(17)4-7(8)13(19)6-1-2-9(15)10(16)3-6/h1-5,13H,19H2. The molecule has 0 amide bonds. The van der Waals surface area contributed by atoms with E-state index < -0.39 is 29.3 Å². The SMILES string of the molecule is NC(c1ccc(F)c(F)c1)c1cc(F)c(F)cc1Cl. The first-order valence-electron chi connectivity index (χ1n) is 5.25. The number of halogens is 5. The minimum Gasteiger partial charge on any atom is -0.320 e. The summed E-state index contributed by atoms with van der Waals surface area (Å²) in [5, 5.41) is -0.0869. The molecule has 0 fully saturated rings. The van der Waals surface area contributed by atoms with Crippen molar-refractivity contribution in [2.45, 2.75) is 6.04 Å². The Bertz CT molecular complexity index is 630. The zero-order chi connectivity index (χ0) is 14.2. The number of hydrogen-bond donors (Lipinski definition) is 1. The van der Waals surface area contributed by atoms with E-state index in [-0.39, 0.29) is 16.1 Å². The second-order valence-electron chi connectivity index (χ2n) is 3.94. The first-order valence-corrected chi connectivity index (χ1v) is 5.63. The van der Waals surface area contributed by atoms with Crippen LogP contribution in [0.1, 0.15) is 17.2 Å². The fraction of sp³-hybridized carbons (Fsp3) is 0.0769. The van der Waals surface area contributed by atoms with Crippen LogP contribution in [0.15, 0.2) is 30.3 Å². The third-order valence-corrected chi connectivity index (χ3v) is 3.00. The van der Waals surface area contributed by atoms with Crippen molar-refractivity contribution in [3.8, 4) is 0 Å². The monoisotopic (exact) mass is 289 g/mol. The molecule has 0 aromatic heterocycles. The average molecular weight is 290 g/mol. The van der Waals surface area contributed by atoms with Crippen molar-refractivity contribution in [1.29, 1.82) is 0 Å². The van der Waals surface area contributed by atoms with E-state index in [2.05, 4.69) is 0 Å². The zero-order valence-electron chi connectivity index (χ0n) is 9.43. The fourth-order valence-electron chi connectivity index (χ4n) is 1.66. The molecule has 100 valence electrons. The van der Waals surface area contributed by atoms with Gasteiger partial charge in [0.1, 0.15) is 0 Å². The lowest BCUT2D eigenvalue weighted by Gasteiger charge is -2.15. The van der Waals surface area contributed by atoms with E-state index in [1.165, 1.54) is 6.07 Å². The Kier molecular flexibility index (Phi) is 3.78. The highest BCUT2D eigenvalue weighted by Crippen LogP contribution is 2.29. The summed E-state index contributed by atoms with van der Waals surface area (Å²) in [4.78, 5) is 0. The van der Waals surface area contributed by atoms with Crippen LogP contribution in [-0.2, 0) is 0 Å². The van der Waals surface area contributed by atoms with E-state index in [1.54, 1.807) is 0 Å². The first-order chi connectivity index (χ1) is 8.90. The predicted octanol–water partition coefficient (Wildman–Crippen LogP) is 3.94. The van der Waals surface area contributed by atoms with Gasteiger partial charge in [0.2, 0.25) is 0 Å². The smallest absolute Gasteiger partial charge is 0.160 e. The van der Waals surface area contributed by atoms with Gasteiger partial charge in [-0.3, -0.25) is 0 Å². The van der Waals surface area contributed by atoms with E-state index in [9.17, 15) is 17.6 Å². The van der Waals surface area contributed by atoms with Crippen LogP contribution < -0.4 is 5.73 Å². The molecule has 2 rings (SSSR count). The van der Waals surface area contributed by atoms with Gasteiger partial charge in [-0.15, -0.1) is 0 Å². The van der Waals surface area contributed by atoms with E-state index >= 15 is 0 Å². The van der Waals surface area contributed by atoms with Crippen molar-refractivity contribution in [2.75, 3.05) is 0 Å². The Morgan fingerprint density at radius 3 is 2.05 bits per heavy atom. The highest BCUT2D eigenvalue weighted by atomic mass is 35.5. The maximum absolute atomic E-state index is 13.2. The van der Waals surface area contributed by atoms with Crippen LogP contribution in [0, 0.1) is 23.3 Å². The highest BCUT2D eigenvalue weighted by molar-refractivity contribution is 6.31. The van der Waals surface area contributed by atoms with Crippen molar-refractivity contribution >= 4 is 11.6 Å². The molecule has 19 heavy (non-hydrogen) atoms. The molecule has 2 aromatic rings. The lowest BCUT2D eigenvalue weighted by molar-refractivity contribution is 0.503. The molecule has 2 aromatic carbocycles. The van der Waals surface area contributed by atoms with Crippen LogP contribution in [0.25, 0.3) is 0 Å². The van der Waals surface area contributed by atoms with Gasteiger partial charge in [-0.2, -0.15) is 0 Å². The van der Waals surface area contributed by atoms with E-state index in [4.69, 9.17) is 17.3 Å². The lowest BCUT2D eigenvalue weighted by Crippen LogP contribution is -2.13. The number of hydrogen-bond acceptors (Lipinski definition) is 1. The average Bonchev–Trinajstić information content (AvgIpc) is 2.36.